The number of hydrogen-bond donors (Lipinski definition) is 1. The molecule has 1 saturated heterocycles. The van der Waals surface area contributed by atoms with Gasteiger partial charge in [0.2, 0.25) is 0 Å². The Morgan fingerprint density at radius 1 is 1.13 bits per heavy atom. The largest absolute Gasteiger partial charge is 0.354 e. The van der Waals surface area contributed by atoms with Gasteiger partial charge >= 0.3 is 0 Å². The average molecular weight is 227 g/mol. The molecule has 5 heteroatoms. The molecular formula is C10H15ClN4. The highest BCUT2D eigenvalue weighted by Crippen LogP contribution is 2.12. The lowest BCUT2D eigenvalue weighted by Gasteiger charge is -2.25. The van der Waals surface area contributed by atoms with Crippen LogP contribution in [-0.2, 0) is 0 Å². The Hall–Kier alpha value is -0.870. The van der Waals surface area contributed by atoms with Crippen LogP contribution in [-0.4, -0.2) is 36.4 Å². The van der Waals surface area contributed by atoms with Crippen molar-refractivity contribution in [3.8, 4) is 0 Å². The summed E-state index contributed by atoms with van der Waals surface area (Å²) in [5, 5.41) is 11.8. The first-order chi connectivity index (χ1) is 7.36. The monoisotopic (exact) mass is 226 g/mol. The molecule has 1 N–H and O–H groups in total. The minimum absolute atomic E-state index is 0.448. The van der Waals surface area contributed by atoms with E-state index in [4.69, 9.17) is 11.6 Å². The van der Waals surface area contributed by atoms with Gasteiger partial charge in [-0.3, -0.25) is 0 Å². The van der Waals surface area contributed by atoms with E-state index in [2.05, 4.69) is 20.4 Å². The van der Waals surface area contributed by atoms with Gasteiger partial charge in [0.1, 0.15) is 0 Å². The van der Waals surface area contributed by atoms with Crippen molar-refractivity contribution in [2.45, 2.75) is 12.8 Å². The molecule has 2 rings (SSSR count). The van der Waals surface area contributed by atoms with Crippen LogP contribution < -0.4 is 10.2 Å². The minimum atomic E-state index is 0.448. The molecule has 0 atom stereocenters. The number of anilines is 1. The molecule has 15 heavy (non-hydrogen) atoms. The molecule has 1 aliphatic rings. The second-order valence-corrected chi connectivity index (χ2v) is 4.05. The Kier molecular flexibility index (Phi) is 3.75. The molecule has 0 radical (unpaired) electrons. The van der Waals surface area contributed by atoms with Crippen molar-refractivity contribution < 1.29 is 0 Å². The Labute approximate surface area is 94.6 Å². The Morgan fingerprint density at radius 2 is 2.07 bits per heavy atom. The molecule has 0 aliphatic carbocycles. The third kappa shape index (κ3) is 3.04. The molecule has 1 aromatic rings. The smallest absolute Gasteiger partial charge is 0.151 e. The minimum Gasteiger partial charge on any atom is -0.354 e. The highest BCUT2D eigenvalue weighted by Gasteiger charge is 2.09. The van der Waals surface area contributed by atoms with Crippen LogP contribution in [0.4, 0.5) is 5.82 Å². The molecule has 1 aliphatic heterocycles. The maximum Gasteiger partial charge on any atom is 0.151 e. The number of halogens is 1. The lowest BCUT2D eigenvalue weighted by Crippen LogP contribution is -2.36. The van der Waals surface area contributed by atoms with Crippen LogP contribution in [0.1, 0.15) is 12.8 Å². The number of aromatic nitrogens is 2. The summed E-state index contributed by atoms with van der Waals surface area (Å²) in [7, 11) is 0. The van der Waals surface area contributed by atoms with Crippen LogP contribution in [0.3, 0.4) is 0 Å². The highest BCUT2D eigenvalue weighted by atomic mass is 35.5. The normalized spacial score (nSPS) is 18.3. The van der Waals surface area contributed by atoms with Gasteiger partial charge in [0.15, 0.2) is 11.0 Å². The zero-order chi connectivity index (χ0) is 10.5. The second-order valence-electron chi connectivity index (χ2n) is 3.66. The van der Waals surface area contributed by atoms with Gasteiger partial charge < -0.3 is 10.2 Å². The Morgan fingerprint density at radius 3 is 2.87 bits per heavy atom. The molecule has 2 heterocycles. The van der Waals surface area contributed by atoms with E-state index in [-0.39, 0.29) is 0 Å². The molecule has 0 amide bonds. The average Bonchev–Trinajstić information content (AvgIpc) is 2.19. The fourth-order valence-corrected chi connectivity index (χ4v) is 1.81. The van der Waals surface area contributed by atoms with E-state index in [0.29, 0.717) is 5.15 Å². The van der Waals surface area contributed by atoms with Crippen LogP contribution in [0, 0.1) is 0 Å². The summed E-state index contributed by atoms with van der Waals surface area (Å²) in [5.41, 5.74) is 0. The van der Waals surface area contributed by atoms with Crippen molar-refractivity contribution in [3.63, 3.8) is 0 Å². The van der Waals surface area contributed by atoms with E-state index in [1.54, 1.807) is 6.07 Å². The maximum absolute atomic E-state index is 5.70. The first-order valence-corrected chi connectivity index (χ1v) is 5.69. The maximum atomic E-state index is 5.70. The third-order valence-electron chi connectivity index (χ3n) is 2.53. The summed E-state index contributed by atoms with van der Waals surface area (Å²) >= 11 is 5.70. The van der Waals surface area contributed by atoms with Gasteiger partial charge in [0.25, 0.3) is 0 Å². The van der Waals surface area contributed by atoms with Gasteiger partial charge in [-0.1, -0.05) is 11.6 Å². The molecule has 0 spiro atoms. The summed E-state index contributed by atoms with van der Waals surface area (Å²) < 4.78 is 0. The molecule has 4 nitrogen and oxygen atoms in total. The van der Waals surface area contributed by atoms with Crippen molar-refractivity contribution in [1.29, 1.82) is 0 Å². The van der Waals surface area contributed by atoms with Crippen LogP contribution in [0.25, 0.3) is 0 Å². The predicted molar refractivity (Wildman–Crippen MR) is 61.4 cm³/mol. The van der Waals surface area contributed by atoms with Crippen molar-refractivity contribution in [1.82, 2.24) is 15.5 Å². The third-order valence-corrected chi connectivity index (χ3v) is 2.73. The van der Waals surface area contributed by atoms with Crippen molar-refractivity contribution in [3.05, 3.63) is 17.3 Å². The van der Waals surface area contributed by atoms with Crippen LogP contribution in [0.15, 0.2) is 12.1 Å². The van der Waals surface area contributed by atoms with Crippen LogP contribution >= 0.6 is 11.6 Å². The van der Waals surface area contributed by atoms with Gasteiger partial charge in [0.05, 0.1) is 0 Å². The zero-order valence-corrected chi connectivity index (χ0v) is 9.37. The first-order valence-electron chi connectivity index (χ1n) is 5.31. The molecule has 0 bridgehead atoms. The van der Waals surface area contributed by atoms with Crippen LogP contribution in [0.2, 0.25) is 5.15 Å². The van der Waals surface area contributed by atoms with Crippen molar-refractivity contribution in [2.24, 2.45) is 0 Å². The summed E-state index contributed by atoms with van der Waals surface area (Å²) in [6.07, 6.45) is 2.41. The fraction of sp³-hybridized carbons (Fsp3) is 0.600. The molecule has 1 fully saturated rings. The standard InChI is InChI=1S/C10H15ClN4/c11-9-3-4-10(14-13-9)15-7-2-1-5-12-6-8-15/h3-4,12H,1-2,5-8H2. The van der Waals surface area contributed by atoms with Gasteiger partial charge in [-0.25, -0.2) is 0 Å². The number of rotatable bonds is 1. The first kappa shape index (κ1) is 10.6. The Balaban J connectivity index is 2.03. The van der Waals surface area contributed by atoms with Gasteiger partial charge in [-0.05, 0) is 31.5 Å². The number of nitrogens with one attached hydrogen (secondary N) is 1. The van der Waals surface area contributed by atoms with Crippen molar-refractivity contribution in [2.75, 3.05) is 31.1 Å². The fourth-order valence-electron chi connectivity index (χ4n) is 1.71. The summed E-state index contributed by atoms with van der Waals surface area (Å²) in [4.78, 5) is 2.25. The highest BCUT2D eigenvalue weighted by molar-refractivity contribution is 6.29. The lowest BCUT2D eigenvalue weighted by molar-refractivity contribution is 0.563. The van der Waals surface area contributed by atoms with E-state index in [1.165, 1.54) is 12.8 Å². The SMILES string of the molecule is Clc1ccc(N2CCCCNCC2)nn1. The number of nitrogens with zero attached hydrogens (tertiary/aromatic N) is 3. The predicted octanol–water partition coefficient (Wildman–Crippen LogP) is 1.32. The van der Waals surface area contributed by atoms with E-state index >= 15 is 0 Å². The molecule has 1 aromatic heterocycles. The van der Waals surface area contributed by atoms with Gasteiger partial charge in [-0.15, -0.1) is 10.2 Å². The molecule has 0 aromatic carbocycles. The van der Waals surface area contributed by atoms with E-state index in [0.717, 1.165) is 32.0 Å². The van der Waals surface area contributed by atoms with E-state index in [1.807, 2.05) is 6.07 Å². The number of hydrogen-bond acceptors (Lipinski definition) is 4. The van der Waals surface area contributed by atoms with Crippen LogP contribution in [0.5, 0.6) is 0 Å². The summed E-state index contributed by atoms with van der Waals surface area (Å²) in [6, 6.07) is 3.72. The molecular weight excluding hydrogens is 212 g/mol. The zero-order valence-electron chi connectivity index (χ0n) is 8.62. The summed E-state index contributed by atoms with van der Waals surface area (Å²) in [6.45, 7) is 4.17. The topological polar surface area (TPSA) is 41.0 Å². The van der Waals surface area contributed by atoms with Gasteiger partial charge in [-0.2, -0.15) is 0 Å². The van der Waals surface area contributed by atoms with Crippen molar-refractivity contribution >= 4 is 17.4 Å². The van der Waals surface area contributed by atoms with E-state index in [9.17, 15) is 0 Å². The summed E-state index contributed by atoms with van der Waals surface area (Å²) in [5.74, 6) is 0.920. The van der Waals surface area contributed by atoms with E-state index < -0.39 is 0 Å². The molecule has 82 valence electrons. The second kappa shape index (κ2) is 5.28. The quantitative estimate of drug-likeness (QED) is 0.784. The van der Waals surface area contributed by atoms with Gasteiger partial charge in [0, 0.05) is 19.6 Å². The molecule has 0 unspecified atom stereocenters. The Bertz CT molecular complexity index is 293. The lowest BCUT2D eigenvalue weighted by atomic mass is 10.2. The molecule has 0 saturated carbocycles.